The number of hydrogen-bond acceptors (Lipinski definition) is 8. The molecule has 0 aromatic heterocycles. The summed E-state index contributed by atoms with van der Waals surface area (Å²) in [5.74, 6) is 0. The van der Waals surface area contributed by atoms with Gasteiger partial charge < -0.3 is 41.1 Å². The summed E-state index contributed by atoms with van der Waals surface area (Å²) in [6.07, 6.45) is 8.26. The minimum absolute atomic E-state index is 0.592. The van der Waals surface area contributed by atoms with Gasteiger partial charge in [0.05, 0.1) is 18.8 Å². The van der Waals surface area contributed by atoms with Gasteiger partial charge in [-0.05, 0) is 12.8 Å². The van der Waals surface area contributed by atoms with E-state index >= 15 is 0 Å². The van der Waals surface area contributed by atoms with Gasteiger partial charge in [-0.3, -0.25) is 0 Å². The van der Waals surface area contributed by atoms with Crippen molar-refractivity contribution in [2.45, 2.75) is 133 Å². The van der Waals surface area contributed by atoms with Crippen LogP contribution >= 0.6 is 0 Å². The van der Waals surface area contributed by atoms with Crippen LogP contribution in [0.4, 0.5) is 0 Å². The van der Waals surface area contributed by atoms with Crippen LogP contribution in [0.25, 0.3) is 0 Å². The summed E-state index contributed by atoms with van der Waals surface area (Å²) in [4.78, 5) is 0. The average Bonchev–Trinajstić information content (AvgIpc) is 2.79. The Morgan fingerprint density at radius 1 is 0.812 bits per heavy atom. The molecule has 1 aliphatic heterocycles. The number of hydrogen-bond donors (Lipinski definition) is 7. The summed E-state index contributed by atoms with van der Waals surface area (Å²) >= 11 is 0. The molecule has 8 nitrogen and oxygen atoms in total. The van der Waals surface area contributed by atoms with E-state index in [1.54, 1.807) is 0 Å². The van der Waals surface area contributed by atoms with Crippen LogP contribution in [0.5, 0.6) is 0 Å². The zero-order chi connectivity index (χ0) is 23.9. The lowest BCUT2D eigenvalue weighted by atomic mass is 9.88. The van der Waals surface area contributed by atoms with Crippen LogP contribution in [0, 0.1) is 0 Å². The third-order valence-corrected chi connectivity index (χ3v) is 6.36. The van der Waals surface area contributed by atoms with E-state index in [9.17, 15) is 30.6 Å². The van der Waals surface area contributed by atoms with Crippen LogP contribution in [0.3, 0.4) is 0 Å². The number of ether oxygens (including phenoxy) is 1. The van der Waals surface area contributed by atoms with Crippen LogP contribution in [-0.4, -0.2) is 86.0 Å². The van der Waals surface area contributed by atoms with E-state index in [0.717, 1.165) is 19.3 Å². The average molecular weight is 462 g/mol. The van der Waals surface area contributed by atoms with Gasteiger partial charge >= 0.3 is 0 Å². The smallest absolute Gasteiger partial charge is 0.114 e. The SMILES string of the molecule is CCCCCCCCCCCCC/C=C/[C@@H](O)[C@@H](N)C(O)[C@H]1O[C@H](CO)[C@H](O)[C@H](O)[C@H]1O. The van der Waals surface area contributed by atoms with Crippen LogP contribution in [0.2, 0.25) is 0 Å². The Bertz CT molecular complexity index is 491. The highest BCUT2D eigenvalue weighted by atomic mass is 16.6. The van der Waals surface area contributed by atoms with E-state index in [4.69, 9.17) is 10.5 Å². The van der Waals surface area contributed by atoms with Crippen molar-refractivity contribution in [2.75, 3.05) is 6.61 Å². The quantitative estimate of drug-likeness (QED) is 0.126. The molecule has 1 heterocycles. The molecule has 190 valence electrons. The van der Waals surface area contributed by atoms with Crippen molar-refractivity contribution in [3.05, 3.63) is 12.2 Å². The van der Waals surface area contributed by atoms with E-state index in [2.05, 4.69) is 6.92 Å². The van der Waals surface area contributed by atoms with Gasteiger partial charge in [-0.25, -0.2) is 0 Å². The fraction of sp³-hybridized carbons (Fsp3) is 0.917. The van der Waals surface area contributed by atoms with Gasteiger partial charge in [-0.1, -0.05) is 83.3 Å². The van der Waals surface area contributed by atoms with Crippen LogP contribution < -0.4 is 5.73 Å². The van der Waals surface area contributed by atoms with E-state index in [0.29, 0.717) is 0 Å². The topological polar surface area (TPSA) is 157 Å². The minimum atomic E-state index is -1.60. The standard InChI is InChI=1S/C24H47NO7/c1-2-3-4-5-6-7-8-9-10-11-12-13-14-15-17(27)19(25)21(29)24-23(31)22(30)20(28)18(16-26)32-24/h14-15,17-24,26-31H,2-13,16,25H2,1H3/b15-14+/t17-,18-,19-,20+,21?,22+,23-,24-/m1/s1. The number of aliphatic hydroxyl groups excluding tert-OH is 6. The Morgan fingerprint density at radius 2 is 1.34 bits per heavy atom. The Hall–Kier alpha value is -0.580. The molecular weight excluding hydrogens is 414 g/mol. The fourth-order valence-electron chi connectivity index (χ4n) is 4.12. The molecule has 8 N–H and O–H groups in total. The second-order valence-corrected chi connectivity index (χ2v) is 9.10. The predicted octanol–water partition coefficient (Wildman–Crippen LogP) is 1.14. The number of aliphatic hydroxyl groups is 6. The normalized spacial score (nSPS) is 29.3. The molecule has 0 aliphatic carbocycles. The summed E-state index contributed by atoms with van der Waals surface area (Å²) in [5, 5.41) is 59.7. The molecule has 1 rings (SSSR count). The Kier molecular flexibility index (Phi) is 15.6. The van der Waals surface area contributed by atoms with Crippen molar-refractivity contribution in [1.82, 2.24) is 0 Å². The molecule has 1 saturated heterocycles. The maximum atomic E-state index is 10.4. The predicted molar refractivity (Wildman–Crippen MR) is 124 cm³/mol. The molecule has 0 aromatic carbocycles. The van der Waals surface area contributed by atoms with Gasteiger partial charge in [0, 0.05) is 0 Å². The third kappa shape index (κ3) is 10.1. The first-order chi connectivity index (χ1) is 15.3. The molecule has 0 spiro atoms. The molecule has 0 amide bonds. The Balaban J connectivity index is 2.22. The molecule has 0 radical (unpaired) electrons. The molecule has 8 heteroatoms. The Morgan fingerprint density at radius 3 is 1.88 bits per heavy atom. The zero-order valence-corrected chi connectivity index (χ0v) is 19.6. The molecule has 1 fully saturated rings. The molecule has 0 bridgehead atoms. The minimum Gasteiger partial charge on any atom is -0.394 e. The van der Waals surface area contributed by atoms with Crippen molar-refractivity contribution < 1.29 is 35.4 Å². The lowest BCUT2D eigenvalue weighted by Crippen LogP contribution is -2.64. The molecule has 32 heavy (non-hydrogen) atoms. The van der Waals surface area contributed by atoms with E-state index in [1.165, 1.54) is 63.9 Å². The van der Waals surface area contributed by atoms with Crippen molar-refractivity contribution in [3.63, 3.8) is 0 Å². The van der Waals surface area contributed by atoms with Gasteiger partial charge in [0.25, 0.3) is 0 Å². The number of nitrogens with two attached hydrogens (primary N) is 1. The van der Waals surface area contributed by atoms with Crippen LogP contribution in [0.1, 0.15) is 84.0 Å². The van der Waals surface area contributed by atoms with Gasteiger partial charge in [0.15, 0.2) is 0 Å². The summed E-state index contributed by atoms with van der Waals surface area (Å²) in [5.41, 5.74) is 5.92. The monoisotopic (exact) mass is 461 g/mol. The van der Waals surface area contributed by atoms with Crippen LogP contribution in [-0.2, 0) is 4.74 Å². The second kappa shape index (κ2) is 16.9. The number of unbranched alkanes of at least 4 members (excludes halogenated alkanes) is 11. The first kappa shape index (κ1) is 29.5. The van der Waals surface area contributed by atoms with Crippen LogP contribution in [0.15, 0.2) is 12.2 Å². The summed E-state index contributed by atoms with van der Waals surface area (Å²) in [6.45, 7) is 1.64. The van der Waals surface area contributed by atoms with E-state index < -0.39 is 55.4 Å². The highest BCUT2D eigenvalue weighted by Gasteiger charge is 2.47. The summed E-state index contributed by atoms with van der Waals surface area (Å²) in [6, 6.07) is -1.16. The van der Waals surface area contributed by atoms with Gasteiger partial charge in [-0.2, -0.15) is 0 Å². The maximum absolute atomic E-state index is 10.4. The van der Waals surface area contributed by atoms with Crippen molar-refractivity contribution in [3.8, 4) is 0 Å². The maximum Gasteiger partial charge on any atom is 0.114 e. The molecule has 0 aromatic rings. The number of rotatable bonds is 17. The zero-order valence-electron chi connectivity index (χ0n) is 19.6. The highest BCUT2D eigenvalue weighted by Crippen LogP contribution is 2.25. The van der Waals surface area contributed by atoms with Crippen molar-refractivity contribution >= 4 is 0 Å². The molecule has 1 unspecified atom stereocenters. The van der Waals surface area contributed by atoms with Crippen molar-refractivity contribution in [2.24, 2.45) is 5.73 Å². The van der Waals surface area contributed by atoms with Gasteiger partial charge in [0.1, 0.15) is 36.6 Å². The van der Waals surface area contributed by atoms with E-state index in [1.807, 2.05) is 6.08 Å². The largest absolute Gasteiger partial charge is 0.394 e. The number of allylic oxidation sites excluding steroid dienone is 1. The van der Waals surface area contributed by atoms with E-state index in [-0.39, 0.29) is 0 Å². The first-order valence-electron chi connectivity index (χ1n) is 12.4. The summed E-state index contributed by atoms with van der Waals surface area (Å²) in [7, 11) is 0. The Labute approximate surface area is 193 Å². The lowest BCUT2D eigenvalue weighted by Gasteiger charge is -2.43. The second-order valence-electron chi connectivity index (χ2n) is 9.10. The lowest BCUT2D eigenvalue weighted by molar-refractivity contribution is -0.252. The van der Waals surface area contributed by atoms with Gasteiger partial charge in [-0.15, -0.1) is 0 Å². The molecule has 1 aliphatic rings. The van der Waals surface area contributed by atoms with Crippen molar-refractivity contribution in [1.29, 1.82) is 0 Å². The third-order valence-electron chi connectivity index (χ3n) is 6.36. The molecular formula is C24H47NO7. The van der Waals surface area contributed by atoms with Gasteiger partial charge in [0.2, 0.25) is 0 Å². The molecule has 8 atom stereocenters. The first-order valence-corrected chi connectivity index (χ1v) is 12.4. The summed E-state index contributed by atoms with van der Waals surface area (Å²) < 4.78 is 5.31. The molecule has 0 saturated carbocycles. The fourth-order valence-corrected chi connectivity index (χ4v) is 4.12. The highest BCUT2D eigenvalue weighted by molar-refractivity contribution is 5.02.